The fraction of sp³-hybridized carbons (Fsp3) is 0.684. The smallest absolute Gasteiger partial charge is 0.00413 e. The van der Waals surface area contributed by atoms with Crippen LogP contribution in [0, 0.1) is 10.8 Å². The van der Waals surface area contributed by atoms with Crippen molar-refractivity contribution in [2.75, 3.05) is 0 Å². The zero-order valence-corrected chi connectivity index (χ0v) is 13.6. The number of rotatable bonds is 3. The monoisotopic (exact) mass is 258 g/mol. The van der Waals surface area contributed by atoms with Gasteiger partial charge in [-0.2, -0.15) is 0 Å². The molecule has 0 heteroatoms. The Bertz CT molecular complexity index is 436. The van der Waals surface area contributed by atoms with Crippen molar-refractivity contribution in [3.05, 3.63) is 35.4 Å². The molecule has 1 aromatic carbocycles. The summed E-state index contributed by atoms with van der Waals surface area (Å²) in [4.78, 5) is 0. The molecule has 0 heterocycles. The summed E-state index contributed by atoms with van der Waals surface area (Å²) in [7, 11) is 0. The standard InChI is InChI=1S/C19H30/c1-17(2,3)13-15-8-7-9-16(12-15)19(10-11-19)14-18(4,5)6/h7-9,12H,10-11,13-14H2,1-6H3. The molecule has 1 aliphatic rings. The van der Waals surface area contributed by atoms with E-state index in [1.807, 2.05) is 0 Å². The lowest BCUT2D eigenvalue weighted by molar-refractivity contribution is 0.328. The summed E-state index contributed by atoms with van der Waals surface area (Å²) in [5.74, 6) is 0. The summed E-state index contributed by atoms with van der Waals surface area (Å²) in [6.45, 7) is 14.1. The van der Waals surface area contributed by atoms with Crippen LogP contribution in [0.15, 0.2) is 24.3 Å². The van der Waals surface area contributed by atoms with Gasteiger partial charge in [0.1, 0.15) is 0 Å². The maximum atomic E-state index is 2.48. The van der Waals surface area contributed by atoms with Crippen molar-refractivity contribution in [1.82, 2.24) is 0 Å². The van der Waals surface area contributed by atoms with Gasteiger partial charge < -0.3 is 0 Å². The van der Waals surface area contributed by atoms with Crippen molar-refractivity contribution in [3.63, 3.8) is 0 Å². The molecule has 19 heavy (non-hydrogen) atoms. The van der Waals surface area contributed by atoms with Crippen LogP contribution < -0.4 is 0 Å². The predicted molar refractivity (Wildman–Crippen MR) is 84.6 cm³/mol. The van der Waals surface area contributed by atoms with E-state index in [9.17, 15) is 0 Å². The number of hydrogen-bond donors (Lipinski definition) is 0. The van der Waals surface area contributed by atoms with Gasteiger partial charge in [-0.3, -0.25) is 0 Å². The molecule has 106 valence electrons. The first-order valence-corrected chi connectivity index (χ1v) is 7.69. The van der Waals surface area contributed by atoms with Crippen molar-refractivity contribution in [3.8, 4) is 0 Å². The first-order valence-electron chi connectivity index (χ1n) is 7.69. The molecular weight excluding hydrogens is 228 g/mol. The number of benzene rings is 1. The molecule has 0 spiro atoms. The van der Waals surface area contributed by atoms with Crippen molar-refractivity contribution in [1.29, 1.82) is 0 Å². The first-order chi connectivity index (χ1) is 8.60. The van der Waals surface area contributed by atoms with Crippen LogP contribution in [-0.2, 0) is 11.8 Å². The van der Waals surface area contributed by atoms with Gasteiger partial charge in [-0.15, -0.1) is 0 Å². The Hall–Kier alpha value is -0.780. The topological polar surface area (TPSA) is 0 Å². The molecular formula is C19H30. The van der Waals surface area contributed by atoms with Gasteiger partial charge in [0.05, 0.1) is 0 Å². The normalized spacial score (nSPS) is 18.4. The first kappa shape index (κ1) is 14.6. The van der Waals surface area contributed by atoms with Gasteiger partial charge in [0.2, 0.25) is 0 Å². The van der Waals surface area contributed by atoms with Crippen molar-refractivity contribution >= 4 is 0 Å². The van der Waals surface area contributed by atoms with Gasteiger partial charge in [-0.25, -0.2) is 0 Å². The molecule has 1 aromatic rings. The predicted octanol–water partition coefficient (Wildman–Crippen LogP) is 5.74. The molecule has 1 aliphatic carbocycles. The maximum Gasteiger partial charge on any atom is -0.00413 e. The summed E-state index contributed by atoms with van der Waals surface area (Å²) in [6.07, 6.45) is 5.25. The quantitative estimate of drug-likeness (QED) is 0.648. The zero-order valence-electron chi connectivity index (χ0n) is 13.6. The highest BCUT2D eigenvalue weighted by Gasteiger charge is 2.46. The Kier molecular flexibility index (Phi) is 3.58. The molecule has 0 amide bonds. The minimum atomic E-state index is 0.374. The van der Waals surface area contributed by atoms with Crippen LogP contribution in [0.25, 0.3) is 0 Å². The van der Waals surface area contributed by atoms with Crippen molar-refractivity contribution in [2.45, 2.75) is 72.6 Å². The molecule has 1 fully saturated rings. The van der Waals surface area contributed by atoms with Gasteiger partial charge >= 0.3 is 0 Å². The third-order valence-corrected chi connectivity index (χ3v) is 4.00. The van der Waals surface area contributed by atoms with E-state index in [0.29, 0.717) is 16.2 Å². The summed E-state index contributed by atoms with van der Waals surface area (Å²) in [5, 5.41) is 0. The molecule has 2 rings (SSSR count). The van der Waals surface area contributed by atoms with Crippen LogP contribution in [0.5, 0.6) is 0 Å². The fourth-order valence-electron chi connectivity index (χ4n) is 3.36. The van der Waals surface area contributed by atoms with Crippen LogP contribution >= 0.6 is 0 Å². The van der Waals surface area contributed by atoms with Crippen molar-refractivity contribution in [2.24, 2.45) is 10.8 Å². The largest absolute Gasteiger partial charge is 0.0617 e. The highest BCUT2D eigenvalue weighted by atomic mass is 14.5. The second kappa shape index (κ2) is 4.65. The van der Waals surface area contributed by atoms with Crippen LogP contribution in [0.1, 0.15) is 71.9 Å². The van der Waals surface area contributed by atoms with Gasteiger partial charge in [0.15, 0.2) is 0 Å². The van der Waals surface area contributed by atoms with Gasteiger partial charge in [-0.05, 0) is 53.1 Å². The fourth-order valence-corrected chi connectivity index (χ4v) is 3.36. The Labute approximate surface area is 119 Å². The third kappa shape index (κ3) is 4.09. The van der Waals surface area contributed by atoms with E-state index in [1.165, 1.54) is 31.2 Å². The molecule has 0 radical (unpaired) electrons. The van der Waals surface area contributed by atoms with Gasteiger partial charge in [-0.1, -0.05) is 65.8 Å². The molecule has 0 saturated heterocycles. The average Bonchev–Trinajstić information content (AvgIpc) is 2.94. The summed E-state index contributed by atoms with van der Waals surface area (Å²) < 4.78 is 0. The van der Waals surface area contributed by atoms with Crippen molar-refractivity contribution < 1.29 is 0 Å². The SMILES string of the molecule is CC(C)(C)Cc1cccc(C2(CC(C)(C)C)CC2)c1. The lowest BCUT2D eigenvalue weighted by atomic mass is 9.78. The highest BCUT2D eigenvalue weighted by Crippen LogP contribution is 2.55. The van der Waals surface area contributed by atoms with E-state index in [4.69, 9.17) is 0 Å². The minimum absolute atomic E-state index is 0.374. The van der Waals surface area contributed by atoms with Crippen LogP contribution in [0.4, 0.5) is 0 Å². The molecule has 0 atom stereocenters. The molecule has 0 N–H and O–H groups in total. The zero-order chi connectivity index (χ0) is 14.3. The third-order valence-electron chi connectivity index (χ3n) is 4.00. The highest BCUT2D eigenvalue weighted by molar-refractivity contribution is 5.35. The Morgan fingerprint density at radius 1 is 0.947 bits per heavy atom. The van der Waals surface area contributed by atoms with E-state index in [2.05, 4.69) is 65.8 Å². The van der Waals surface area contributed by atoms with Crippen LogP contribution in [0.2, 0.25) is 0 Å². The van der Waals surface area contributed by atoms with E-state index >= 15 is 0 Å². The van der Waals surface area contributed by atoms with E-state index in [-0.39, 0.29) is 0 Å². The second-order valence-corrected chi connectivity index (χ2v) is 8.96. The van der Waals surface area contributed by atoms with E-state index < -0.39 is 0 Å². The maximum absolute atomic E-state index is 2.48. The lowest BCUT2D eigenvalue weighted by Crippen LogP contribution is -2.18. The molecule has 1 saturated carbocycles. The molecule has 0 aliphatic heterocycles. The second-order valence-electron chi connectivity index (χ2n) is 8.96. The molecule has 0 unspecified atom stereocenters. The molecule has 0 aromatic heterocycles. The average molecular weight is 258 g/mol. The number of hydrogen-bond acceptors (Lipinski definition) is 0. The molecule has 0 nitrogen and oxygen atoms in total. The summed E-state index contributed by atoms with van der Waals surface area (Å²) in [5.41, 5.74) is 4.39. The lowest BCUT2D eigenvalue weighted by Gasteiger charge is -2.27. The summed E-state index contributed by atoms with van der Waals surface area (Å²) in [6, 6.07) is 9.38. The van der Waals surface area contributed by atoms with Crippen LogP contribution in [0.3, 0.4) is 0 Å². The Morgan fingerprint density at radius 2 is 1.58 bits per heavy atom. The molecule has 0 bridgehead atoms. The van der Waals surface area contributed by atoms with E-state index in [0.717, 1.165) is 0 Å². The Balaban J connectivity index is 2.20. The van der Waals surface area contributed by atoms with Gasteiger partial charge in [0.25, 0.3) is 0 Å². The van der Waals surface area contributed by atoms with Crippen LogP contribution in [-0.4, -0.2) is 0 Å². The van der Waals surface area contributed by atoms with E-state index in [1.54, 1.807) is 5.56 Å². The van der Waals surface area contributed by atoms with Gasteiger partial charge in [0, 0.05) is 0 Å². The minimum Gasteiger partial charge on any atom is -0.0617 e. The Morgan fingerprint density at radius 3 is 2.05 bits per heavy atom. The summed E-state index contributed by atoms with van der Waals surface area (Å²) >= 11 is 0.